The van der Waals surface area contributed by atoms with Crippen LogP contribution in [0.15, 0.2) is 11.6 Å². The minimum Gasteiger partial charge on any atom is -0.295 e. The van der Waals surface area contributed by atoms with Crippen LogP contribution < -0.4 is 0 Å². The molecular formula is C11H18O. The first-order valence-electron chi connectivity index (χ1n) is 4.80. The molecule has 2 atom stereocenters. The Morgan fingerprint density at radius 3 is 2.42 bits per heavy atom. The first-order valence-corrected chi connectivity index (χ1v) is 4.80. The van der Waals surface area contributed by atoms with Crippen molar-refractivity contribution in [2.75, 3.05) is 0 Å². The molecule has 0 saturated heterocycles. The van der Waals surface area contributed by atoms with Gasteiger partial charge in [0.05, 0.1) is 0 Å². The van der Waals surface area contributed by atoms with Crippen LogP contribution in [0, 0.1) is 11.8 Å². The second kappa shape index (κ2) is 3.88. The molecule has 12 heavy (non-hydrogen) atoms. The number of hydrogen-bond donors (Lipinski definition) is 0. The molecule has 1 aliphatic carbocycles. The fraction of sp³-hybridized carbons (Fsp3) is 0.727. The molecule has 1 saturated carbocycles. The molecule has 0 bridgehead atoms. The van der Waals surface area contributed by atoms with Crippen molar-refractivity contribution >= 4 is 5.78 Å². The van der Waals surface area contributed by atoms with E-state index in [1.807, 2.05) is 13.8 Å². The molecule has 1 aliphatic rings. The Morgan fingerprint density at radius 2 is 2.00 bits per heavy atom. The van der Waals surface area contributed by atoms with Gasteiger partial charge in [-0.1, -0.05) is 18.9 Å². The van der Waals surface area contributed by atoms with E-state index in [1.165, 1.54) is 12.8 Å². The average molecular weight is 166 g/mol. The second-order valence-electron chi connectivity index (χ2n) is 4.14. The van der Waals surface area contributed by atoms with Crippen molar-refractivity contribution in [2.24, 2.45) is 11.8 Å². The lowest BCUT2D eigenvalue weighted by Gasteiger charge is -2.10. The predicted octanol–water partition coefficient (Wildman–Crippen LogP) is 2.96. The van der Waals surface area contributed by atoms with Crippen molar-refractivity contribution < 1.29 is 4.79 Å². The van der Waals surface area contributed by atoms with E-state index < -0.39 is 0 Å². The van der Waals surface area contributed by atoms with E-state index in [0.29, 0.717) is 17.6 Å². The maximum absolute atomic E-state index is 11.6. The van der Waals surface area contributed by atoms with Crippen LogP contribution in [0.4, 0.5) is 0 Å². The van der Waals surface area contributed by atoms with Crippen molar-refractivity contribution in [1.82, 2.24) is 0 Å². The largest absolute Gasteiger partial charge is 0.295 e. The summed E-state index contributed by atoms with van der Waals surface area (Å²) < 4.78 is 0. The van der Waals surface area contributed by atoms with Gasteiger partial charge in [-0.2, -0.15) is 0 Å². The number of rotatable bonds is 2. The van der Waals surface area contributed by atoms with Gasteiger partial charge in [-0.25, -0.2) is 0 Å². The molecule has 1 fully saturated rings. The van der Waals surface area contributed by atoms with Crippen LogP contribution in [0.2, 0.25) is 0 Å². The van der Waals surface area contributed by atoms with E-state index in [9.17, 15) is 4.79 Å². The molecule has 0 N–H and O–H groups in total. The molecular weight excluding hydrogens is 148 g/mol. The quantitative estimate of drug-likeness (QED) is 0.576. The van der Waals surface area contributed by atoms with Crippen LogP contribution in [0.5, 0.6) is 0 Å². The molecule has 1 rings (SSSR count). The van der Waals surface area contributed by atoms with Crippen molar-refractivity contribution in [2.45, 2.75) is 40.0 Å². The number of carbonyl (C=O) groups excluding carboxylic acids is 1. The smallest absolute Gasteiger partial charge is 0.158 e. The van der Waals surface area contributed by atoms with Gasteiger partial charge < -0.3 is 0 Å². The lowest BCUT2D eigenvalue weighted by Crippen LogP contribution is -2.14. The number of ketones is 1. The van der Waals surface area contributed by atoms with Gasteiger partial charge in [0, 0.05) is 5.92 Å². The Labute approximate surface area is 74.9 Å². The van der Waals surface area contributed by atoms with Crippen LogP contribution in [-0.4, -0.2) is 5.78 Å². The van der Waals surface area contributed by atoms with Crippen LogP contribution in [0.25, 0.3) is 0 Å². The molecule has 0 aromatic heterocycles. The summed E-state index contributed by atoms with van der Waals surface area (Å²) in [4.78, 5) is 11.6. The summed E-state index contributed by atoms with van der Waals surface area (Å²) in [7, 11) is 0. The van der Waals surface area contributed by atoms with E-state index in [1.54, 1.807) is 6.08 Å². The third-order valence-electron chi connectivity index (χ3n) is 2.66. The monoisotopic (exact) mass is 166 g/mol. The summed E-state index contributed by atoms with van der Waals surface area (Å²) in [6, 6.07) is 0. The molecule has 0 aliphatic heterocycles. The van der Waals surface area contributed by atoms with Gasteiger partial charge >= 0.3 is 0 Å². The lowest BCUT2D eigenvalue weighted by molar-refractivity contribution is -0.119. The molecule has 2 unspecified atom stereocenters. The van der Waals surface area contributed by atoms with Crippen LogP contribution in [-0.2, 0) is 4.79 Å². The van der Waals surface area contributed by atoms with Crippen molar-refractivity contribution in [1.29, 1.82) is 0 Å². The van der Waals surface area contributed by atoms with Gasteiger partial charge in [0.2, 0.25) is 0 Å². The topological polar surface area (TPSA) is 17.1 Å². The van der Waals surface area contributed by atoms with E-state index in [4.69, 9.17) is 0 Å². The zero-order chi connectivity index (χ0) is 9.14. The van der Waals surface area contributed by atoms with E-state index in [-0.39, 0.29) is 0 Å². The highest BCUT2D eigenvalue weighted by Gasteiger charge is 2.27. The fourth-order valence-electron chi connectivity index (χ4n) is 1.96. The van der Waals surface area contributed by atoms with E-state index in [2.05, 4.69) is 6.92 Å². The van der Waals surface area contributed by atoms with Crippen LogP contribution >= 0.6 is 0 Å². The van der Waals surface area contributed by atoms with Gasteiger partial charge in [0.15, 0.2) is 5.78 Å². The van der Waals surface area contributed by atoms with Gasteiger partial charge in [0.1, 0.15) is 0 Å². The summed E-state index contributed by atoms with van der Waals surface area (Å²) in [6.07, 6.45) is 5.36. The van der Waals surface area contributed by atoms with Gasteiger partial charge in [0.25, 0.3) is 0 Å². The molecule has 0 aromatic carbocycles. The molecule has 68 valence electrons. The number of hydrogen-bond acceptors (Lipinski definition) is 1. The first kappa shape index (κ1) is 9.50. The van der Waals surface area contributed by atoms with Gasteiger partial charge in [-0.15, -0.1) is 0 Å². The molecule has 1 nitrogen and oxygen atoms in total. The summed E-state index contributed by atoms with van der Waals surface area (Å²) >= 11 is 0. The highest BCUT2D eigenvalue weighted by molar-refractivity contribution is 5.92. The first-order chi connectivity index (χ1) is 5.61. The van der Waals surface area contributed by atoms with Crippen molar-refractivity contribution in [3.63, 3.8) is 0 Å². The number of carbonyl (C=O) groups is 1. The summed E-state index contributed by atoms with van der Waals surface area (Å²) in [5.41, 5.74) is 1.12. The second-order valence-corrected chi connectivity index (χ2v) is 4.14. The van der Waals surface area contributed by atoms with Gasteiger partial charge in [-0.3, -0.25) is 4.79 Å². The number of allylic oxidation sites excluding steroid dienone is 2. The molecule has 0 amide bonds. The normalized spacial score (nSPS) is 28.6. The Kier molecular flexibility index (Phi) is 3.07. The highest BCUT2D eigenvalue weighted by atomic mass is 16.1. The van der Waals surface area contributed by atoms with E-state index >= 15 is 0 Å². The van der Waals surface area contributed by atoms with E-state index in [0.717, 1.165) is 12.0 Å². The molecule has 0 aromatic rings. The third-order valence-corrected chi connectivity index (χ3v) is 2.66. The minimum absolute atomic E-state index is 0.319. The van der Waals surface area contributed by atoms with Crippen LogP contribution in [0.3, 0.4) is 0 Å². The van der Waals surface area contributed by atoms with Crippen LogP contribution in [0.1, 0.15) is 40.0 Å². The van der Waals surface area contributed by atoms with Gasteiger partial charge in [-0.05, 0) is 38.7 Å². The fourth-order valence-corrected chi connectivity index (χ4v) is 1.96. The zero-order valence-electron chi connectivity index (χ0n) is 8.26. The van der Waals surface area contributed by atoms with Crippen molar-refractivity contribution in [3.05, 3.63) is 11.6 Å². The lowest BCUT2D eigenvalue weighted by atomic mass is 9.93. The highest BCUT2D eigenvalue weighted by Crippen LogP contribution is 2.32. The predicted molar refractivity (Wildman–Crippen MR) is 50.9 cm³/mol. The Bertz CT molecular complexity index is 199. The SMILES string of the molecule is CC(C)=CC(=O)C1CCCC1C. The summed E-state index contributed by atoms with van der Waals surface area (Å²) in [5, 5.41) is 0. The Balaban J connectivity index is 2.58. The summed E-state index contributed by atoms with van der Waals surface area (Å²) in [5.74, 6) is 1.27. The molecule has 0 radical (unpaired) electrons. The minimum atomic E-state index is 0.319. The third kappa shape index (κ3) is 2.20. The molecule has 1 heteroatoms. The maximum Gasteiger partial charge on any atom is 0.158 e. The van der Waals surface area contributed by atoms with Crippen molar-refractivity contribution in [3.8, 4) is 0 Å². The Morgan fingerprint density at radius 1 is 1.33 bits per heavy atom. The zero-order valence-corrected chi connectivity index (χ0v) is 8.26. The standard InChI is InChI=1S/C11H18O/c1-8(2)7-11(12)10-6-4-5-9(10)3/h7,9-10H,4-6H2,1-3H3. The Hall–Kier alpha value is -0.590. The summed E-state index contributed by atoms with van der Waals surface area (Å²) in [6.45, 7) is 6.16. The molecule has 0 spiro atoms. The molecule has 0 heterocycles. The average Bonchev–Trinajstić information content (AvgIpc) is 2.33. The maximum atomic E-state index is 11.6.